The zero-order chi connectivity index (χ0) is 14.4. The highest BCUT2D eigenvalue weighted by Crippen LogP contribution is 2.06. The minimum Gasteiger partial charge on any atom is -0.494 e. The topological polar surface area (TPSA) is 119 Å². The molecule has 0 aromatic carbocycles. The van der Waals surface area contributed by atoms with Crippen LogP contribution in [0.25, 0.3) is 0 Å². The van der Waals surface area contributed by atoms with Gasteiger partial charge in [-0.1, -0.05) is 0 Å². The summed E-state index contributed by atoms with van der Waals surface area (Å²) in [5.74, 6) is -1.72. The third-order valence-electron chi connectivity index (χ3n) is 2.31. The lowest BCUT2D eigenvalue weighted by molar-refractivity contribution is -0.139. The van der Waals surface area contributed by atoms with Crippen LogP contribution in [0.15, 0.2) is 16.9 Å². The molecule has 19 heavy (non-hydrogen) atoms. The van der Waals surface area contributed by atoms with Crippen molar-refractivity contribution in [3.63, 3.8) is 0 Å². The van der Waals surface area contributed by atoms with Gasteiger partial charge in [0.05, 0.1) is 5.56 Å². The normalized spacial score (nSPS) is 11.8. The third-order valence-corrected chi connectivity index (χ3v) is 2.95. The lowest BCUT2D eigenvalue weighted by Gasteiger charge is -2.13. The minimum absolute atomic E-state index is 0.0864. The van der Waals surface area contributed by atoms with E-state index in [0.717, 1.165) is 12.1 Å². The standard InChI is InChI=1S/C11H14N2O5S/c1-19-3-2-7(11(17)18)12-10(16)6-4-8(14)13-9(15)5-6/h4-5,7H,2-3H2,1H3,(H,12,16)(H,17,18)(H2,13,14,15). The van der Waals surface area contributed by atoms with Gasteiger partial charge in [0.1, 0.15) is 6.04 Å². The minimum atomic E-state index is -1.14. The van der Waals surface area contributed by atoms with Crippen LogP contribution in [-0.4, -0.2) is 45.1 Å². The molecule has 0 spiro atoms. The van der Waals surface area contributed by atoms with Crippen LogP contribution < -0.4 is 10.9 Å². The van der Waals surface area contributed by atoms with E-state index in [0.29, 0.717) is 5.75 Å². The second kappa shape index (κ2) is 6.83. The number of amides is 1. The average Bonchev–Trinajstić information content (AvgIpc) is 2.32. The zero-order valence-electron chi connectivity index (χ0n) is 10.2. The Hall–Kier alpha value is -1.96. The van der Waals surface area contributed by atoms with Gasteiger partial charge >= 0.3 is 5.97 Å². The predicted molar refractivity (Wildman–Crippen MR) is 70.6 cm³/mol. The Morgan fingerprint density at radius 2 is 2.16 bits per heavy atom. The Morgan fingerprint density at radius 3 is 2.68 bits per heavy atom. The van der Waals surface area contributed by atoms with Gasteiger partial charge in [-0.3, -0.25) is 14.6 Å². The summed E-state index contributed by atoms with van der Waals surface area (Å²) < 4.78 is 0. The molecular formula is C11H14N2O5S. The number of thioether (sulfide) groups is 1. The van der Waals surface area contributed by atoms with Crippen molar-refractivity contribution in [1.82, 2.24) is 10.3 Å². The number of aliphatic carboxylic acids is 1. The van der Waals surface area contributed by atoms with Crippen LogP contribution in [0.5, 0.6) is 5.88 Å². The number of carboxylic acid groups (broad SMARTS) is 1. The van der Waals surface area contributed by atoms with Crippen molar-refractivity contribution in [1.29, 1.82) is 0 Å². The van der Waals surface area contributed by atoms with Crippen molar-refractivity contribution in [3.8, 4) is 5.88 Å². The number of carbonyl (C=O) groups is 2. The van der Waals surface area contributed by atoms with E-state index < -0.39 is 29.4 Å². The van der Waals surface area contributed by atoms with Gasteiger partial charge in [0.2, 0.25) is 0 Å². The zero-order valence-corrected chi connectivity index (χ0v) is 11.0. The quantitative estimate of drug-likeness (QED) is 0.585. The van der Waals surface area contributed by atoms with Crippen molar-refractivity contribution < 1.29 is 19.8 Å². The molecule has 0 aliphatic carbocycles. The molecule has 1 amide bonds. The second-order valence-corrected chi connectivity index (χ2v) is 4.75. The number of rotatable bonds is 6. The van der Waals surface area contributed by atoms with E-state index in [9.17, 15) is 19.5 Å². The second-order valence-electron chi connectivity index (χ2n) is 3.76. The Morgan fingerprint density at radius 1 is 1.47 bits per heavy atom. The fourth-order valence-electron chi connectivity index (χ4n) is 1.39. The summed E-state index contributed by atoms with van der Waals surface area (Å²) >= 11 is 1.47. The van der Waals surface area contributed by atoms with Gasteiger partial charge in [-0.25, -0.2) is 4.79 Å². The summed E-state index contributed by atoms with van der Waals surface area (Å²) in [7, 11) is 0. The van der Waals surface area contributed by atoms with Crippen LogP contribution >= 0.6 is 11.8 Å². The Balaban J connectivity index is 2.81. The van der Waals surface area contributed by atoms with Gasteiger partial charge in [-0.2, -0.15) is 11.8 Å². The molecule has 1 aromatic rings. The van der Waals surface area contributed by atoms with Crippen LogP contribution in [0.1, 0.15) is 16.8 Å². The van der Waals surface area contributed by atoms with Crippen molar-refractivity contribution >= 4 is 23.6 Å². The fraction of sp³-hybridized carbons (Fsp3) is 0.364. The number of pyridine rings is 1. The summed E-state index contributed by atoms with van der Waals surface area (Å²) in [6.45, 7) is 0. The number of hydrogen-bond donors (Lipinski definition) is 4. The first-order chi connectivity index (χ1) is 8.93. The highest BCUT2D eigenvalue weighted by atomic mass is 32.2. The first kappa shape index (κ1) is 15.1. The molecule has 0 fully saturated rings. The molecular weight excluding hydrogens is 272 g/mol. The van der Waals surface area contributed by atoms with Crippen LogP contribution in [-0.2, 0) is 4.79 Å². The average molecular weight is 286 g/mol. The largest absolute Gasteiger partial charge is 0.494 e. The predicted octanol–water partition coefficient (Wildman–Crippen LogP) is 0.0166. The molecule has 104 valence electrons. The first-order valence-corrected chi connectivity index (χ1v) is 6.79. The van der Waals surface area contributed by atoms with E-state index in [4.69, 9.17) is 5.11 Å². The van der Waals surface area contributed by atoms with Gasteiger partial charge in [0.25, 0.3) is 11.5 Å². The van der Waals surface area contributed by atoms with Gasteiger partial charge in [0, 0.05) is 12.1 Å². The molecule has 0 aliphatic heterocycles. The summed E-state index contributed by atoms with van der Waals surface area (Å²) in [5, 5.41) is 20.4. The molecule has 4 N–H and O–H groups in total. The molecule has 0 bridgehead atoms. The van der Waals surface area contributed by atoms with E-state index in [1.54, 1.807) is 0 Å². The van der Waals surface area contributed by atoms with Crippen molar-refractivity contribution in [2.45, 2.75) is 12.5 Å². The lowest BCUT2D eigenvalue weighted by Crippen LogP contribution is -2.41. The molecule has 0 saturated heterocycles. The van der Waals surface area contributed by atoms with Crippen LogP contribution in [0.2, 0.25) is 0 Å². The van der Waals surface area contributed by atoms with Gasteiger partial charge in [0.15, 0.2) is 5.88 Å². The summed E-state index contributed by atoms with van der Waals surface area (Å²) in [5.41, 5.74) is -0.724. The van der Waals surface area contributed by atoms with Crippen molar-refractivity contribution in [2.24, 2.45) is 0 Å². The number of aromatic amines is 1. The van der Waals surface area contributed by atoms with E-state index in [1.165, 1.54) is 11.8 Å². The third kappa shape index (κ3) is 4.66. The van der Waals surface area contributed by atoms with E-state index >= 15 is 0 Å². The smallest absolute Gasteiger partial charge is 0.326 e. The van der Waals surface area contributed by atoms with E-state index in [-0.39, 0.29) is 12.0 Å². The number of nitrogens with one attached hydrogen (secondary N) is 2. The number of hydrogen-bond acceptors (Lipinski definition) is 5. The monoisotopic (exact) mass is 286 g/mol. The van der Waals surface area contributed by atoms with Gasteiger partial charge in [-0.05, 0) is 18.4 Å². The van der Waals surface area contributed by atoms with Crippen LogP contribution in [0, 0.1) is 0 Å². The molecule has 1 atom stereocenters. The molecule has 1 heterocycles. The SMILES string of the molecule is CSCCC(NC(=O)c1cc(O)[nH]c(=O)c1)C(=O)O. The summed E-state index contributed by atoms with van der Waals surface area (Å²) in [4.78, 5) is 35.9. The molecule has 1 aromatic heterocycles. The number of carboxylic acids is 1. The highest BCUT2D eigenvalue weighted by Gasteiger charge is 2.20. The molecule has 0 radical (unpaired) electrons. The fourth-order valence-corrected chi connectivity index (χ4v) is 1.87. The number of carbonyl (C=O) groups excluding carboxylic acids is 1. The molecule has 0 aliphatic rings. The molecule has 1 unspecified atom stereocenters. The Kier molecular flexibility index (Phi) is 5.43. The number of H-pyrrole nitrogens is 1. The van der Waals surface area contributed by atoms with Gasteiger partial charge in [-0.15, -0.1) is 0 Å². The van der Waals surface area contributed by atoms with Crippen LogP contribution in [0.4, 0.5) is 0 Å². The summed E-state index contributed by atoms with van der Waals surface area (Å²) in [6, 6.07) is 1.02. The molecule has 8 heteroatoms. The molecule has 7 nitrogen and oxygen atoms in total. The van der Waals surface area contributed by atoms with Crippen molar-refractivity contribution in [2.75, 3.05) is 12.0 Å². The van der Waals surface area contributed by atoms with Crippen molar-refractivity contribution in [3.05, 3.63) is 28.0 Å². The van der Waals surface area contributed by atoms with Crippen LogP contribution in [0.3, 0.4) is 0 Å². The maximum absolute atomic E-state index is 11.8. The van der Waals surface area contributed by atoms with Gasteiger partial charge < -0.3 is 15.5 Å². The number of aromatic hydroxyl groups is 1. The number of aromatic nitrogens is 1. The molecule has 1 rings (SSSR count). The summed E-state index contributed by atoms with van der Waals surface area (Å²) in [6.07, 6.45) is 2.10. The first-order valence-electron chi connectivity index (χ1n) is 5.40. The highest BCUT2D eigenvalue weighted by molar-refractivity contribution is 7.98. The Labute approximate surface area is 113 Å². The molecule has 0 saturated carbocycles. The maximum Gasteiger partial charge on any atom is 0.326 e. The maximum atomic E-state index is 11.8. The van der Waals surface area contributed by atoms with E-state index in [1.807, 2.05) is 6.26 Å². The van der Waals surface area contributed by atoms with E-state index in [2.05, 4.69) is 10.3 Å². The lowest BCUT2D eigenvalue weighted by atomic mass is 10.2. The Bertz CT molecular complexity index is 528.